The molecule has 0 fully saturated rings. The van der Waals surface area contributed by atoms with Gasteiger partial charge in [0, 0.05) is 12.5 Å². The van der Waals surface area contributed by atoms with Crippen molar-refractivity contribution in [3.63, 3.8) is 0 Å². The van der Waals surface area contributed by atoms with Crippen LogP contribution in [0, 0.1) is 0 Å². The maximum atomic E-state index is 13.6. The van der Waals surface area contributed by atoms with Gasteiger partial charge in [-0.05, 0) is 29.0 Å². The lowest BCUT2D eigenvalue weighted by molar-refractivity contribution is -0.133. The van der Waals surface area contributed by atoms with Gasteiger partial charge in [-0.15, -0.1) is 11.3 Å². The third-order valence-electron chi connectivity index (χ3n) is 5.83. The van der Waals surface area contributed by atoms with E-state index in [0.29, 0.717) is 24.5 Å². The van der Waals surface area contributed by atoms with E-state index in [4.69, 9.17) is 10.5 Å². The molecule has 6 heteroatoms. The second-order valence-corrected chi connectivity index (χ2v) is 8.51. The maximum Gasteiger partial charge on any atom is 0.356 e. The Morgan fingerprint density at radius 3 is 2.73 bits per heavy atom. The molecule has 0 saturated heterocycles. The van der Waals surface area contributed by atoms with Crippen LogP contribution in [0.15, 0.2) is 72.2 Å². The van der Waals surface area contributed by atoms with Gasteiger partial charge in [0.2, 0.25) is 6.61 Å². The number of nitrogens with two attached hydrogens (primary N) is 1. The summed E-state index contributed by atoms with van der Waals surface area (Å²) < 4.78 is 6.13. The van der Waals surface area contributed by atoms with Gasteiger partial charge in [0.05, 0.1) is 28.3 Å². The summed E-state index contributed by atoms with van der Waals surface area (Å²) in [6.45, 7) is 1.18. The number of carbonyl (C=O) groups excluding carboxylic acids is 1. The number of amides is 1. The van der Waals surface area contributed by atoms with Crippen LogP contribution in [-0.2, 0) is 17.8 Å². The first kappa shape index (κ1) is 18.8. The van der Waals surface area contributed by atoms with Gasteiger partial charge in [0.1, 0.15) is 12.3 Å². The second-order valence-electron chi connectivity index (χ2n) is 7.57. The van der Waals surface area contributed by atoms with Crippen LogP contribution in [-0.4, -0.2) is 24.0 Å². The minimum atomic E-state index is -0.0131. The molecular weight excluding hydrogens is 394 g/mol. The van der Waals surface area contributed by atoms with E-state index in [1.54, 1.807) is 11.3 Å². The van der Waals surface area contributed by atoms with E-state index in [9.17, 15) is 4.79 Å². The van der Waals surface area contributed by atoms with Crippen molar-refractivity contribution in [2.24, 2.45) is 0 Å². The molecule has 2 N–H and O–H groups in total. The molecular formula is C24H22N3O2S+. The number of hydrogen-bond donors (Lipinski definition) is 1. The molecule has 0 bridgehead atoms. The van der Waals surface area contributed by atoms with Crippen molar-refractivity contribution in [3.05, 3.63) is 82.8 Å². The monoisotopic (exact) mass is 416 g/mol. The Labute approximate surface area is 178 Å². The largest absolute Gasteiger partial charge is 0.479 e. The highest BCUT2D eigenvalue weighted by atomic mass is 32.1. The van der Waals surface area contributed by atoms with Gasteiger partial charge in [0.25, 0.3) is 0 Å². The lowest BCUT2D eigenvalue weighted by atomic mass is 10.1. The maximum absolute atomic E-state index is 13.6. The van der Waals surface area contributed by atoms with E-state index in [-0.39, 0.29) is 17.0 Å². The molecule has 30 heavy (non-hydrogen) atoms. The smallest absolute Gasteiger partial charge is 0.356 e. The number of quaternary nitrogens is 1. The lowest BCUT2D eigenvalue weighted by Gasteiger charge is -2.38. The quantitative estimate of drug-likeness (QED) is 0.392. The number of thiazole rings is 1. The van der Waals surface area contributed by atoms with Crippen molar-refractivity contribution in [1.29, 1.82) is 0 Å². The lowest BCUT2D eigenvalue weighted by Crippen LogP contribution is -2.58. The molecule has 1 amide bonds. The van der Waals surface area contributed by atoms with Crippen LogP contribution in [0.5, 0.6) is 5.75 Å². The minimum Gasteiger partial charge on any atom is -0.479 e. The zero-order valence-corrected chi connectivity index (χ0v) is 17.3. The van der Waals surface area contributed by atoms with Crippen molar-refractivity contribution in [3.8, 4) is 5.75 Å². The van der Waals surface area contributed by atoms with Gasteiger partial charge in [-0.25, -0.2) is 14.3 Å². The summed E-state index contributed by atoms with van der Waals surface area (Å²) in [5.74, 6) is 0.692. The summed E-state index contributed by atoms with van der Waals surface area (Å²) in [4.78, 5) is 19.2. The zero-order valence-electron chi connectivity index (χ0n) is 16.5. The van der Waals surface area contributed by atoms with E-state index < -0.39 is 0 Å². The number of ether oxygens (including phenoxy) is 1. The average molecular weight is 417 g/mol. The number of benzene rings is 3. The number of para-hydroxylation sites is 2. The molecule has 0 spiro atoms. The third kappa shape index (κ3) is 3.24. The van der Waals surface area contributed by atoms with Crippen molar-refractivity contribution < 1.29 is 9.53 Å². The Balaban J connectivity index is 1.45. The van der Waals surface area contributed by atoms with Crippen LogP contribution in [0.2, 0.25) is 0 Å². The Hall–Kier alpha value is -3.22. The van der Waals surface area contributed by atoms with Crippen molar-refractivity contribution >= 4 is 39.4 Å². The van der Waals surface area contributed by atoms with E-state index >= 15 is 0 Å². The van der Waals surface area contributed by atoms with Crippen molar-refractivity contribution in [2.45, 2.75) is 13.0 Å². The molecule has 4 aromatic rings. The highest BCUT2D eigenvalue weighted by Crippen LogP contribution is 2.37. The van der Waals surface area contributed by atoms with E-state index in [1.807, 2.05) is 66.2 Å². The Kier molecular flexibility index (Phi) is 4.73. The van der Waals surface area contributed by atoms with Gasteiger partial charge in [-0.1, -0.05) is 42.5 Å². The highest BCUT2D eigenvalue weighted by molar-refractivity contribution is 7.09. The van der Waals surface area contributed by atoms with Crippen LogP contribution in [0.1, 0.15) is 10.6 Å². The van der Waals surface area contributed by atoms with Gasteiger partial charge in [-0.2, -0.15) is 0 Å². The fourth-order valence-electron chi connectivity index (χ4n) is 4.20. The molecule has 1 unspecified atom stereocenters. The van der Waals surface area contributed by atoms with Crippen LogP contribution in [0.4, 0.5) is 11.4 Å². The molecule has 0 saturated carbocycles. The average Bonchev–Trinajstić information content (AvgIpc) is 3.25. The van der Waals surface area contributed by atoms with Crippen LogP contribution >= 0.6 is 11.3 Å². The van der Waals surface area contributed by atoms with Crippen molar-refractivity contribution in [1.82, 2.24) is 9.47 Å². The molecule has 0 aliphatic carbocycles. The molecule has 1 atom stereocenters. The molecule has 5 rings (SSSR count). The number of anilines is 1. The first-order valence-electron chi connectivity index (χ1n) is 9.94. The summed E-state index contributed by atoms with van der Waals surface area (Å²) in [5, 5.41) is 2.23. The number of aromatic nitrogens is 1. The predicted molar refractivity (Wildman–Crippen MR) is 121 cm³/mol. The summed E-state index contributed by atoms with van der Waals surface area (Å²) in [6, 6.07) is 21.6. The molecule has 5 nitrogen and oxygen atoms in total. The van der Waals surface area contributed by atoms with E-state index in [1.165, 1.54) is 0 Å². The first-order chi connectivity index (χ1) is 14.7. The molecule has 3 aromatic carbocycles. The number of carbonyl (C=O) groups is 1. The standard InChI is InChI=1S/C24H22N3O2S/c25-20-7-3-4-8-22(20)27(12-11-21-23(14-27)30-16-26-21)24(28)15-29-19-10-9-17-5-1-2-6-18(17)13-19/h1-10,13,16H,11-12,14-15,25H2/q+1. The van der Waals surface area contributed by atoms with Gasteiger partial charge in [0.15, 0.2) is 5.69 Å². The fourth-order valence-corrected chi connectivity index (χ4v) is 5.10. The molecule has 2 heterocycles. The molecule has 1 aliphatic rings. The van der Waals surface area contributed by atoms with Crippen LogP contribution < -0.4 is 15.0 Å². The van der Waals surface area contributed by atoms with Crippen LogP contribution in [0.25, 0.3) is 10.8 Å². The van der Waals surface area contributed by atoms with E-state index in [0.717, 1.165) is 33.5 Å². The molecule has 1 aromatic heterocycles. The Morgan fingerprint density at radius 2 is 1.87 bits per heavy atom. The first-order valence-corrected chi connectivity index (χ1v) is 10.8. The van der Waals surface area contributed by atoms with Crippen molar-refractivity contribution in [2.75, 3.05) is 18.9 Å². The summed E-state index contributed by atoms with van der Waals surface area (Å²) in [7, 11) is 0. The number of nitrogens with zero attached hydrogens (tertiary/aromatic N) is 2. The normalized spacial score (nSPS) is 18.1. The molecule has 150 valence electrons. The predicted octanol–water partition coefficient (Wildman–Crippen LogP) is 4.55. The zero-order chi connectivity index (χ0) is 20.6. The van der Waals surface area contributed by atoms with E-state index in [2.05, 4.69) is 11.1 Å². The summed E-state index contributed by atoms with van der Waals surface area (Å²) in [5.41, 5.74) is 10.7. The van der Waals surface area contributed by atoms with Gasteiger partial charge in [-0.3, -0.25) is 0 Å². The fraction of sp³-hybridized carbons (Fsp3) is 0.167. The second kappa shape index (κ2) is 7.55. The third-order valence-corrected chi connectivity index (χ3v) is 6.69. The number of fused-ring (bicyclic) bond motifs is 2. The number of rotatable bonds is 4. The SMILES string of the molecule is Nc1ccccc1[N+]1(C(=O)COc2ccc3ccccc3c2)CCc2ncsc2C1. The Morgan fingerprint density at radius 1 is 1.07 bits per heavy atom. The summed E-state index contributed by atoms with van der Waals surface area (Å²) in [6.07, 6.45) is 0.745. The van der Waals surface area contributed by atoms with Gasteiger partial charge < -0.3 is 10.5 Å². The topological polar surface area (TPSA) is 65.2 Å². The molecule has 1 aliphatic heterocycles. The molecule has 0 radical (unpaired) electrons. The van der Waals surface area contributed by atoms with Crippen LogP contribution in [0.3, 0.4) is 0 Å². The highest BCUT2D eigenvalue weighted by Gasteiger charge is 2.44. The minimum absolute atomic E-state index is 0.000101. The Bertz CT molecular complexity index is 1240. The number of nitrogen functional groups attached to an aromatic ring is 1. The van der Waals surface area contributed by atoms with Gasteiger partial charge >= 0.3 is 5.91 Å². The summed E-state index contributed by atoms with van der Waals surface area (Å²) >= 11 is 1.60. The number of hydrogen-bond acceptors (Lipinski definition) is 5.